The van der Waals surface area contributed by atoms with Gasteiger partial charge in [-0.1, -0.05) is 27.7 Å². The summed E-state index contributed by atoms with van der Waals surface area (Å²) in [5, 5.41) is 31.0. The zero-order valence-electron chi connectivity index (χ0n) is 31.7. The fourth-order valence-corrected chi connectivity index (χ4v) is 6.04. The maximum atomic E-state index is 12.9. The minimum absolute atomic E-state index is 0.0215. The summed E-state index contributed by atoms with van der Waals surface area (Å²) in [4.78, 5) is 80.0. The number of hydrogen-bond acceptors (Lipinski definition) is 13. The number of benzene rings is 1. The molecular formula is C36H52N10O7S. The van der Waals surface area contributed by atoms with Crippen molar-refractivity contribution in [1.82, 2.24) is 40.8 Å². The number of fused-ring (bicyclic) bond motifs is 1. The van der Waals surface area contributed by atoms with Crippen LogP contribution in [0.5, 0.6) is 5.88 Å². The smallest absolute Gasteiger partial charge is 0.326 e. The van der Waals surface area contributed by atoms with E-state index in [1.54, 1.807) is 30.8 Å². The number of anilines is 2. The molecule has 1 atom stereocenters. The third kappa shape index (κ3) is 12.1. The predicted octanol–water partition coefficient (Wildman–Crippen LogP) is 2.70. The van der Waals surface area contributed by atoms with Crippen LogP contribution in [0.15, 0.2) is 30.5 Å². The Hall–Kier alpha value is -5.26. The van der Waals surface area contributed by atoms with Crippen molar-refractivity contribution in [3.8, 4) is 5.88 Å². The van der Waals surface area contributed by atoms with Gasteiger partial charge in [0.05, 0.1) is 18.4 Å². The molecule has 294 valence electrons. The normalized spacial score (nSPS) is 12.1. The Bertz CT molecular complexity index is 1790. The molecule has 0 bridgehead atoms. The van der Waals surface area contributed by atoms with E-state index in [1.165, 1.54) is 18.3 Å². The lowest BCUT2D eigenvalue weighted by Crippen LogP contribution is -2.60. The van der Waals surface area contributed by atoms with Gasteiger partial charge in [0.25, 0.3) is 5.91 Å². The number of aromatic nitrogens is 4. The fraction of sp³-hybridized carbons (Fsp3) is 0.528. The number of hydrogen-bond donors (Lipinski definition) is 7. The number of carbonyl (C=O) groups excluding carboxylic acids is 4. The SMILES string of the molecule is CCC(=O)NCC(C)(C)C(C)(C)N(CCSCCNC(=O)CCC(NC(=O)c1ccc(NCc2cnc3nc(N)nc(O)c3n2)cc1)C(=O)O)C(=O)CC. The van der Waals surface area contributed by atoms with Crippen molar-refractivity contribution in [1.29, 1.82) is 0 Å². The summed E-state index contributed by atoms with van der Waals surface area (Å²) in [5.74, 6) is -1.49. The van der Waals surface area contributed by atoms with Crippen LogP contribution in [0, 0.1) is 5.41 Å². The van der Waals surface area contributed by atoms with Gasteiger partial charge in [-0.05, 0) is 44.5 Å². The number of amides is 4. The van der Waals surface area contributed by atoms with Crippen molar-refractivity contribution in [3.05, 3.63) is 41.7 Å². The molecule has 0 fully saturated rings. The molecule has 4 amide bonds. The Morgan fingerprint density at radius 2 is 1.65 bits per heavy atom. The van der Waals surface area contributed by atoms with Crippen LogP contribution in [-0.4, -0.2) is 107 Å². The highest BCUT2D eigenvalue weighted by Crippen LogP contribution is 2.36. The van der Waals surface area contributed by atoms with E-state index in [9.17, 15) is 34.2 Å². The van der Waals surface area contributed by atoms with Gasteiger partial charge in [0.15, 0.2) is 11.2 Å². The minimum Gasteiger partial charge on any atom is -0.492 e. The van der Waals surface area contributed by atoms with Crippen LogP contribution in [0.1, 0.15) is 83.3 Å². The summed E-state index contributed by atoms with van der Waals surface area (Å²) in [7, 11) is 0. The van der Waals surface area contributed by atoms with E-state index in [0.717, 1.165) is 0 Å². The average Bonchev–Trinajstić information content (AvgIpc) is 3.13. The van der Waals surface area contributed by atoms with Gasteiger partial charge in [-0.15, -0.1) is 0 Å². The maximum Gasteiger partial charge on any atom is 0.326 e. The number of thioether (sulfide) groups is 1. The average molecular weight is 769 g/mol. The van der Waals surface area contributed by atoms with Gasteiger partial charge in [-0.3, -0.25) is 19.2 Å². The Balaban J connectivity index is 1.41. The first kappa shape index (κ1) is 43.1. The van der Waals surface area contributed by atoms with E-state index < -0.39 is 28.9 Å². The topological polar surface area (TPSA) is 255 Å². The number of carboxylic acid groups (broad SMARTS) is 1. The van der Waals surface area contributed by atoms with Gasteiger partial charge in [0.2, 0.25) is 29.5 Å². The van der Waals surface area contributed by atoms with E-state index >= 15 is 0 Å². The number of carboxylic acids is 1. The maximum absolute atomic E-state index is 12.9. The molecular weight excluding hydrogens is 717 g/mol. The van der Waals surface area contributed by atoms with Gasteiger partial charge in [0.1, 0.15) is 6.04 Å². The molecule has 0 spiro atoms. The second-order valence-corrected chi connectivity index (χ2v) is 14.9. The fourth-order valence-electron chi connectivity index (χ4n) is 5.28. The monoisotopic (exact) mass is 768 g/mol. The lowest BCUT2D eigenvalue weighted by molar-refractivity contribution is -0.141. The highest BCUT2D eigenvalue weighted by Gasteiger charge is 2.43. The van der Waals surface area contributed by atoms with Crippen LogP contribution in [0.25, 0.3) is 11.2 Å². The summed E-state index contributed by atoms with van der Waals surface area (Å²) < 4.78 is 0. The van der Waals surface area contributed by atoms with Crippen LogP contribution in [0.4, 0.5) is 11.6 Å². The number of nitrogens with one attached hydrogen (secondary N) is 4. The molecule has 0 radical (unpaired) electrons. The van der Waals surface area contributed by atoms with Crippen molar-refractivity contribution in [2.45, 2.75) is 85.4 Å². The molecule has 0 aliphatic rings. The van der Waals surface area contributed by atoms with Crippen LogP contribution in [-0.2, 0) is 25.7 Å². The molecule has 0 aliphatic heterocycles. The molecule has 18 heteroatoms. The number of aliphatic carboxylic acids is 1. The number of nitrogens with two attached hydrogens (primary N) is 1. The highest BCUT2D eigenvalue weighted by molar-refractivity contribution is 7.99. The summed E-state index contributed by atoms with van der Waals surface area (Å²) >= 11 is 1.58. The van der Waals surface area contributed by atoms with Gasteiger partial charge in [-0.2, -0.15) is 21.7 Å². The van der Waals surface area contributed by atoms with Gasteiger partial charge >= 0.3 is 5.97 Å². The zero-order valence-corrected chi connectivity index (χ0v) is 32.5. The molecule has 8 N–H and O–H groups in total. The van der Waals surface area contributed by atoms with E-state index in [1.807, 2.05) is 39.5 Å². The molecule has 2 heterocycles. The van der Waals surface area contributed by atoms with Crippen molar-refractivity contribution in [3.63, 3.8) is 0 Å². The zero-order chi connectivity index (χ0) is 40.1. The van der Waals surface area contributed by atoms with E-state index in [4.69, 9.17) is 5.73 Å². The Labute approximate surface area is 319 Å². The Kier molecular flexibility index (Phi) is 15.7. The van der Waals surface area contributed by atoms with Crippen LogP contribution < -0.4 is 27.0 Å². The molecule has 54 heavy (non-hydrogen) atoms. The molecule has 0 aliphatic carbocycles. The minimum atomic E-state index is -1.28. The summed E-state index contributed by atoms with van der Waals surface area (Å²) in [5.41, 5.74) is 6.22. The first-order chi connectivity index (χ1) is 25.5. The van der Waals surface area contributed by atoms with Crippen LogP contribution in [0.2, 0.25) is 0 Å². The second-order valence-electron chi connectivity index (χ2n) is 13.7. The molecule has 1 unspecified atom stereocenters. The molecule has 17 nitrogen and oxygen atoms in total. The second kappa shape index (κ2) is 19.7. The predicted molar refractivity (Wildman–Crippen MR) is 207 cm³/mol. The molecule has 0 saturated carbocycles. The molecule has 3 rings (SSSR count). The summed E-state index contributed by atoms with van der Waals surface area (Å²) in [6, 6.07) is 5.07. The van der Waals surface area contributed by atoms with Crippen molar-refractivity contribution >= 4 is 64.2 Å². The van der Waals surface area contributed by atoms with Crippen LogP contribution >= 0.6 is 11.8 Å². The quantitative estimate of drug-likeness (QED) is 0.0770. The van der Waals surface area contributed by atoms with Crippen molar-refractivity contribution in [2.75, 3.05) is 42.2 Å². The molecule has 2 aromatic heterocycles. The third-order valence-electron chi connectivity index (χ3n) is 9.35. The molecule has 1 aromatic carbocycles. The number of carbonyl (C=O) groups is 5. The summed E-state index contributed by atoms with van der Waals surface area (Å²) in [6.45, 7) is 13.2. The van der Waals surface area contributed by atoms with Gasteiger partial charge in [0, 0.05) is 72.6 Å². The van der Waals surface area contributed by atoms with Gasteiger partial charge in [-0.25, -0.2) is 14.8 Å². The van der Waals surface area contributed by atoms with Crippen molar-refractivity contribution in [2.24, 2.45) is 5.41 Å². The van der Waals surface area contributed by atoms with Gasteiger partial charge < -0.3 is 42.1 Å². The lowest BCUT2D eigenvalue weighted by Gasteiger charge is -2.49. The summed E-state index contributed by atoms with van der Waals surface area (Å²) in [6.07, 6.45) is 2.02. The van der Waals surface area contributed by atoms with Crippen LogP contribution in [0.3, 0.4) is 0 Å². The number of rotatable bonds is 21. The van der Waals surface area contributed by atoms with E-state index in [2.05, 4.69) is 41.2 Å². The Morgan fingerprint density at radius 3 is 2.30 bits per heavy atom. The van der Waals surface area contributed by atoms with E-state index in [0.29, 0.717) is 55.4 Å². The molecule has 3 aromatic rings. The standard InChI is InChI=1S/C36H52N10O7S/c1-7-26(47)41-21-35(3,4)36(5,6)46(28(49)8-2)16-18-54-17-15-38-27(48)14-13-25(33(52)53)43-31(50)22-9-11-23(12-10-22)39-19-24-20-40-30-29(42-24)32(51)45-34(37)44-30/h9-12,20,25,39H,7-8,13-19,21H2,1-6H3,(H,38,48)(H,41,47)(H,43,50)(H,52,53)(H3,37,40,44,45,51). The first-order valence-electron chi connectivity index (χ1n) is 17.8. The lowest BCUT2D eigenvalue weighted by atomic mass is 9.73. The Morgan fingerprint density at radius 1 is 0.944 bits per heavy atom. The van der Waals surface area contributed by atoms with E-state index in [-0.39, 0.29) is 65.7 Å². The number of nitrogen functional groups attached to an aromatic ring is 1. The molecule has 0 saturated heterocycles. The first-order valence-corrected chi connectivity index (χ1v) is 18.9. The largest absolute Gasteiger partial charge is 0.492 e. The number of aromatic hydroxyl groups is 1. The third-order valence-corrected chi connectivity index (χ3v) is 10.3. The number of nitrogens with zero attached hydrogens (tertiary/aromatic N) is 5. The highest BCUT2D eigenvalue weighted by atomic mass is 32.2. The van der Waals surface area contributed by atoms with Crippen molar-refractivity contribution < 1.29 is 34.2 Å².